The number of alkyl halides is 3. The van der Waals surface area contributed by atoms with Gasteiger partial charge >= 0.3 is 30.0 Å². The van der Waals surface area contributed by atoms with E-state index in [1.165, 1.54) is 13.8 Å². The summed E-state index contributed by atoms with van der Waals surface area (Å²) in [6.45, 7) is 6.77. The second kappa shape index (κ2) is 19.3. The zero-order chi connectivity index (χ0) is 40.5. The number of hydrogen-bond donors (Lipinski definition) is 2. The van der Waals surface area contributed by atoms with Gasteiger partial charge in [0.15, 0.2) is 30.6 Å². The van der Waals surface area contributed by atoms with Crippen molar-refractivity contribution in [3.8, 4) is 0 Å². The minimum Gasteiger partial charge on any atom is -0.463 e. The Hall–Kier alpha value is -3.92. The normalized spacial score (nSPS) is 30.1. The van der Waals surface area contributed by atoms with Crippen LogP contribution < -0.4 is 10.6 Å². The van der Waals surface area contributed by atoms with Crippen LogP contribution in [-0.2, 0) is 77.9 Å². The Morgan fingerprint density at radius 1 is 0.800 bits per heavy atom. The second-order valence-electron chi connectivity index (χ2n) is 13.4. The fourth-order valence-electron chi connectivity index (χ4n) is 6.26. The Morgan fingerprint density at radius 3 is 2.05 bits per heavy atom. The highest BCUT2D eigenvalue weighted by Gasteiger charge is 2.59. The average Bonchev–Trinajstić information content (AvgIpc) is 3.42. The maximum Gasteiger partial charge on any atom is 0.471 e. The first kappa shape index (κ1) is 43.8. The lowest BCUT2D eigenvalue weighted by molar-refractivity contribution is -0.342. The number of benzene rings is 1. The standard InChI is InChI=1S/C35H47F3N2O15/c1-18(41)40-25-28(49-20(3)43)26(53-32-30(50-21(4)44)29-27(54-34(5,6)55-29)24(52-32)17-48-19(2)42)23(16-46-15-22-11-8-7-9-12-22)51-31(25)47-14-10-13-39-33(45)35(36,37)38/h7-9,11-12,23-32H,10,13-17H2,1-6H3,(H,39,45)(H,40,41)/t23-,24-,25-,26-,27+,28-,29+,30-,31-,32+/m1/s1. The van der Waals surface area contributed by atoms with E-state index in [0.717, 1.165) is 19.4 Å². The number of fused-ring (bicyclic) bond motifs is 1. The van der Waals surface area contributed by atoms with E-state index in [1.54, 1.807) is 19.2 Å². The molecule has 0 saturated carbocycles. The number of esters is 3. The molecule has 2 N–H and O–H groups in total. The first-order chi connectivity index (χ1) is 25.8. The molecule has 3 aliphatic heterocycles. The Balaban J connectivity index is 1.67. The van der Waals surface area contributed by atoms with E-state index in [4.69, 9.17) is 47.4 Å². The zero-order valence-electron chi connectivity index (χ0n) is 31.2. The van der Waals surface area contributed by atoms with Crippen molar-refractivity contribution in [2.45, 2.75) is 128 Å². The number of amides is 2. The lowest BCUT2D eigenvalue weighted by Crippen LogP contribution is -2.68. The molecule has 3 saturated heterocycles. The van der Waals surface area contributed by atoms with Crippen LogP contribution in [0.5, 0.6) is 0 Å². The highest BCUT2D eigenvalue weighted by Crippen LogP contribution is 2.41. The van der Waals surface area contributed by atoms with Gasteiger partial charge in [-0.3, -0.25) is 24.0 Å². The minimum absolute atomic E-state index is 0.0929. The van der Waals surface area contributed by atoms with Crippen LogP contribution in [0.25, 0.3) is 0 Å². The third-order valence-corrected chi connectivity index (χ3v) is 8.33. The van der Waals surface area contributed by atoms with Gasteiger partial charge in [-0.25, -0.2) is 0 Å². The van der Waals surface area contributed by atoms with E-state index < -0.39 is 110 Å². The third kappa shape index (κ3) is 12.8. The van der Waals surface area contributed by atoms with Gasteiger partial charge in [0.25, 0.3) is 0 Å². The van der Waals surface area contributed by atoms with Crippen LogP contribution >= 0.6 is 0 Å². The molecule has 1 aromatic carbocycles. The number of carbonyl (C=O) groups excluding carboxylic acids is 5. The van der Waals surface area contributed by atoms with Crippen LogP contribution in [0.1, 0.15) is 53.5 Å². The molecule has 3 aliphatic rings. The molecule has 308 valence electrons. The molecule has 0 radical (unpaired) electrons. The number of rotatable bonds is 16. The Labute approximate surface area is 315 Å². The van der Waals surface area contributed by atoms with Crippen LogP contribution in [0.2, 0.25) is 0 Å². The van der Waals surface area contributed by atoms with Crippen LogP contribution in [0.4, 0.5) is 13.2 Å². The van der Waals surface area contributed by atoms with Gasteiger partial charge < -0.3 is 58.0 Å². The van der Waals surface area contributed by atoms with Crippen molar-refractivity contribution in [3.63, 3.8) is 0 Å². The predicted octanol–water partition coefficient (Wildman–Crippen LogP) is 1.57. The summed E-state index contributed by atoms with van der Waals surface area (Å²) in [5, 5.41) is 4.38. The van der Waals surface area contributed by atoms with Crippen molar-refractivity contribution >= 4 is 29.7 Å². The summed E-state index contributed by atoms with van der Waals surface area (Å²) in [5.74, 6) is -6.08. The van der Waals surface area contributed by atoms with E-state index in [-0.39, 0.29) is 32.8 Å². The zero-order valence-corrected chi connectivity index (χ0v) is 31.2. The molecule has 4 rings (SSSR count). The van der Waals surface area contributed by atoms with Gasteiger partial charge in [0.1, 0.15) is 43.2 Å². The van der Waals surface area contributed by atoms with Crippen LogP contribution in [-0.4, -0.2) is 129 Å². The summed E-state index contributed by atoms with van der Waals surface area (Å²) in [6.07, 6.45) is -16.3. The number of halogens is 3. The van der Waals surface area contributed by atoms with Crippen molar-refractivity contribution in [1.29, 1.82) is 0 Å². The van der Waals surface area contributed by atoms with Crippen molar-refractivity contribution < 1.29 is 84.5 Å². The van der Waals surface area contributed by atoms with Crippen LogP contribution in [0, 0.1) is 0 Å². The fraction of sp³-hybridized carbons (Fsp3) is 0.686. The smallest absolute Gasteiger partial charge is 0.463 e. The average molecular weight is 793 g/mol. The summed E-state index contributed by atoms with van der Waals surface area (Å²) in [5.41, 5.74) is 0.794. The van der Waals surface area contributed by atoms with Gasteiger partial charge in [-0.05, 0) is 25.8 Å². The van der Waals surface area contributed by atoms with Gasteiger partial charge in [0.2, 0.25) is 5.91 Å². The quantitative estimate of drug-likeness (QED) is 0.139. The maximum absolute atomic E-state index is 12.7. The molecule has 3 heterocycles. The molecule has 55 heavy (non-hydrogen) atoms. The molecular formula is C35H47F3N2O15. The Kier molecular flexibility index (Phi) is 15.4. The van der Waals surface area contributed by atoms with E-state index in [9.17, 15) is 37.1 Å². The van der Waals surface area contributed by atoms with Crippen LogP contribution in [0.15, 0.2) is 30.3 Å². The number of carbonyl (C=O) groups is 5. The minimum atomic E-state index is -5.08. The summed E-state index contributed by atoms with van der Waals surface area (Å²) in [4.78, 5) is 60.7. The SMILES string of the molecule is CC(=O)N[C@H]1[C@H](OCCCNC(=O)C(F)(F)F)O[C@H](COCc2ccccc2)[C@@H](O[C@@H]2O[C@H](COC(C)=O)[C@@H]3OC(C)(C)O[C@@H]3[C@H]2OC(C)=O)[C@@H]1OC(C)=O. The molecule has 3 fully saturated rings. The molecule has 0 spiro atoms. The van der Waals surface area contributed by atoms with Crippen molar-refractivity contribution in [2.24, 2.45) is 0 Å². The summed E-state index contributed by atoms with van der Waals surface area (Å²) in [7, 11) is 0. The van der Waals surface area contributed by atoms with Gasteiger partial charge in [-0.15, -0.1) is 0 Å². The Morgan fingerprint density at radius 2 is 1.44 bits per heavy atom. The second-order valence-corrected chi connectivity index (χ2v) is 13.4. The van der Waals surface area contributed by atoms with Gasteiger partial charge in [0, 0.05) is 34.2 Å². The lowest BCUT2D eigenvalue weighted by Gasteiger charge is -2.48. The highest BCUT2D eigenvalue weighted by atomic mass is 19.4. The van der Waals surface area contributed by atoms with Crippen molar-refractivity contribution in [3.05, 3.63) is 35.9 Å². The van der Waals surface area contributed by atoms with E-state index in [0.29, 0.717) is 0 Å². The van der Waals surface area contributed by atoms with Gasteiger partial charge in [0.05, 0.1) is 19.8 Å². The van der Waals surface area contributed by atoms with Crippen molar-refractivity contribution in [1.82, 2.24) is 10.6 Å². The lowest BCUT2D eigenvalue weighted by atomic mass is 9.95. The molecule has 0 unspecified atom stereocenters. The Bertz CT molecular complexity index is 1480. The van der Waals surface area contributed by atoms with E-state index in [2.05, 4.69) is 5.32 Å². The predicted molar refractivity (Wildman–Crippen MR) is 177 cm³/mol. The van der Waals surface area contributed by atoms with Crippen LogP contribution in [0.3, 0.4) is 0 Å². The first-order valence-corrected chi connectivity index (χ1v) is 17.5. The molecule has 17 nitrogen and oxygen atoms in total. The molecule has 10 atom stereocenters. The maximum atomic E-state index is 12.7. The van der Waals surface area contributed by atoms with Gasteiger partial charge in [-0.1, -0.05) is 30.3 Å². The molecule has 2 amide bonds. The fourth-order valence-corrected chi connectivity index (χ4v) is 6.26. The third-order valence-electron chi connectivity index (χ3n) is 8.33. The van der Waals surface area contributed by atoms with Gasteiger partial charge in [-0.2, -0.15) is 13.2 Å². The van der Waals surface area contributed by atoms with Crippen molar-refractivity contribution in [2.75, 3.05) is 26.4 Å². The molecule has 0 aromatic heterocycles. The molecule has 20 heteroatoms. The number of ether oxygens (including phenoxy) is 10. The summed E-state index contributed by atoms with van der Waals surface area (Å²) in [6, 6.07) is 7.77. The van der Waals surface area contributed by atoms with E-state index >= 15 is 0 Å². The monoisotopic (exact) mass is 792 g/mol. The van der Waals surface area contributed by atoms with E-state index in [1.807, 2.05) is 30.3 Å². The summed E-state index contributed by atoms with van der Waals surface area (Å²) >= 11 is 0. The first-order valence-electron chi connectivity index (χ1n) is 17.5. The molecule has 0 bridgehead atoms. The topological polar surface area (TPSA) is 202 Å². The molecule has 1 aromatic rings. The summed E-state index contributed by atoms with van der Waals surface area (Å²) < 4.78 is 97.8. The molecule has 0 aliphatic carbocycles. The number of nitrogens with one attached hydrogen (secondary N) is 2. The number of hydrogen-bond acceptors (Lipinski definition) is 15. The largest absolute Gasteiger partial charge is 0.471 e. The highest BCUT2D eigenvalue weighted by molar-refractivity contribution is 5.81. The molecular weight excluding hydrogens is 745 g/mol.